The molecule has 2 aromatic heterocycles. The van der Waals surface area contributed by atoms with Gasteiger partial charge in [-0.1, -0.05) is 0 Å². The number of H-pyrrole nitrogens is 1. The van der Waals surface area contributed by atoms with Crippen molar-refractivity contribution >= 4 is 22.8 Å². The molecule has 0 amide bonds. The van der Waals surface area contributed by atoms with Gasteiger partial charge in [-0.2, -0.15) is 0 Å². The van der Waals surface area contributed by atoms with Crippen molar-refractivity contribution in [3.05, 3.63) is 30.1 Å². The van der Waals surface area contributed by atoms with E-state index in [2.05, 4.69) is 25.3 Å². The summed E-state index contributed by atoms with van der Waals surface area (Å²) < 4.78 is 5.48. The maximum Gasteiger partial charge on any atom is 0.230 e. The monoisotopic (exact) mass is 285 g/mol. The third kappa shape index (κ3) is 2.71. The van der Waals surface area contributed by atoms with Crippen LogP contribution in [-0.2, 0) is 0 Å². The van der Waals surface area contributed by atoms with Gasteiger partial charge in [0.15, 0.2) is 0 Å². The Morgan fingerprint density at radius 3 is 2.90 bits per heavy atom. The number of aryl methyl sites for hydroxylation is 1. The van der Waals surface area contributed by atoms with E-state index in [-0.39, 0.29) is 5.88 Å². The van der Waals surface area contributed by atoms with Crippen LogP contribution < -0.4 is 10.1 Å². The largest absolute Gasteiger partial charge is 0.494 e. The van der Waals surface area contributed by atoms with E-state index in [1.54, 1.807) is 0 Å². The number of aromatic amines is 1. The second-order valence-corrected chi connectivity index (χ2v) is 4.49. The van der Waals surface area contributed by atoms with E-state index in [0.717, 1.165) is 22.3 Å². The Hall–Kier alpha value is -2.83. The van der Waals surface area contributed by atoms with Crippen LogP contribution >= 0.6 is 0 Å². The number of nitrogens with one attached hydrogen (secondary N) is 2. The Kier molecular flexibility index (Phi) is 3.31. The van der Waals surface area contributed by atoms with Crippen LogP contribution in [0.2, 0.25) is 0 Å². The highest BCUT2D eigenvalue weighted by atomic mass is 16.5. The molecule has 0 saturated heterocycles. The number of aromatic hydroxyl groups is 1. The highest BCUT2D eigenvalue weighted by molar-refractivity contribution is 5.83. The van der Waals surface area contributed by atoms with Gasteiger partial charge >= 0.3 is 0 Å². The zero-order valence-electron chi connectivity index (χ0n) is 11.7. The van der Waals surface area contributed by atoms with Crippen LogP contribution in [-0.4, -0.2) is 31.6 Å². The predicted octanol–water partition coefficient (Wildman–Crippen LogP) is 2.51. The van der Waals surface area contributed by atoms with E-state index in [9.17, 15) is 5.11 Å². The molecule has 7 heteroatoms. The van der Waals surface area contributed by atoms with Gasteiger partial charge in [-0.15, -0.1) is 0 Å². The summed E-state index contributed by atoms with van der Waals surface area (Å²) in [4.78, 5) is 15.4. The van der Waals surface area contributed by atoms with Crippen molar-refractivity contribution in [3.63, 3.8) is 0 Å². The van der Waals surface area contributed by atoms with E-state index in [1.807, 2.05) is 32.0 Å². The Balaban J connectivity index is 1.97. The number of anilines is 2. The molecule has 0 unspecified atom stereocenters. The first kappa shape index (κ1) is 13.2. The van der Waals surface area contributed by atoms with Crippen LogP contribution in [0.5, 0.6) is 11.6 Å². The molecule has 0 aliphatic carbocycles. The van der Waals surface area contributed by atoms with Crippen molar-refractivity contribution in [1.29, 1.82) is 0 Å². The fraction of sp³-hybridized carbons (Fsp3) is 0.214. The van der Waals surface area contributed by atoms with Gasteiger partial charge in [0, 0.05) is 5.39 Å². The summed E-state index contributed by atoms with van der Waals surface area (Å²) in [5, 5.41) is 13.1. The number of hydrogen-bond acceptors (Lipinski definition) is 6. The quantitative estimate of drug-likeness (QED) is 0.681. The minimum atomic E-state index is -0.0173. The zero-order chi connectivity index (χ0) is 14.8. The van der Waals surface area contributed by atoms with E-state index in [4.69, 9.17) is 4.74 Å². The van der Waals surface area contributed by atoms with Crippen LogP contribution in [0.3, 0.4) is 0 Å². The number of fused-ring (bicyclic) bond motifs is 1. The molecule has 0 radical (unpaired) electrons. The van der Waals surface area contributed by atoms with Crippen molar-refractivity contribution in [2.24, 2.45) is 0 Å². The summed E-state index contributed by atoms with van der Waals surface area (Å²) in [5.41, 5.74) is 1.64. The van der Waals surface area contributed by atoms with Gasteiger partial charge in [0.05, 0.1) is 24.0 Å². The minimum Gasteiger partial charge on any atom is -0.494 e. The third-order valence-corrected chi connectivity index (χ3v) is 2.96. The van der Waals surface area contributed by atoms with Crippen LogP contribution in [0.15, 0.2) is 24.4 Å². The standard InChI is InChI=1S/C14H15N5O2/c1-3-21-9-4-5-11-10(6-9)8(2)16-14(17-11)19-13-15-7-12(20)18-13/h4-7,20H,3H2,1-2H3,(H2,15,16,17,18,19). The average molecular weight is 285 g/mol. The molecule has 3 N–H and O–H groups in total. The van der Waals surface area contributed by atoms with Gasteiger partial charge in [0.1, 0.15) is 5.75 Å². The molecular formula is C14H15N5O2. The molecule has 0 bridgehead atoms. The van der Waals surface area contributed by atoms with E-state index >= 15 is 0 Å². The van der Waals surface area contributed by atoms with Gasteiger partial charge < -0.3 is 9.84 Å². The number of benzene rings is 1. The second-order valence-electron chi connectivity index (χ2n) is 4.49. The lowest BCUT2D eigenvalue weighted by Crippen LogP contribution is -2.01. The summed E-state index contributed by atoms with van der Waals surface area (Å²) in [7, 11) is 0. The molecule has 0 aliphatic rings. The van der Waals surface area contributed by atoms with Crippen molar-refractivity contribution in [2.75, 3.05) is 11.9 Å². The Labute approximate surface area is 121 Å². The van der Waals surface area contributed by atoms with Crippen molar-refractivity contribution in [1.82, 2.24) is 19.9 Å². The molecule has 0 atom stereocenters. The lowest BCUT2D eigenvalue weighted by atomic mass is 10.2. The van der Waals surface area contributed by atoms with Crippen molar-refractivity contribution in [3.8, 4) is 11.6 Å². The maximum atomic E-state index is 9.23. The van der Waals surface area contributed by atoms with Gasteiger partial charge in [0.2, 0.25) is 17.8 Å². The summed E-state index contributed by atoms with van der Waals surface area (Å²) >= 11 is 0. The van der Waals surface area contributed by atoms with Gasteiger partial charge in [-0.3, -0.25) is 10.3 Å². The molecule has 0 aliphatic heterocycles. The molecule has 0 fully saturated rings. The number of rotatable bonds is 4. The lowest BCUT2D eigenvalue weighted by molar-refractivity contribution is 0.340. The molecule has 0 spiro atoms. The van der Waals surface area contributed by atoms with E-state index < -0.39 is 0 Å². The van der Waals surface area contributed by atoms with E-state index in [0.29, 0.717) is 18.5 Å². The van der Waals surface area contributed by atoms with Gasteiger partial charge in [-0.05, 0) is 32.0 Å². The zero-order valence-corrected chi connectivity index (χ0v) is 11.7. The molecule has 0 saturated carbocycles. The van der Waals surface area contributed by atoms with Crippen LogP contribution in [0.1, 0.15) is 12.6 Å². The summed E-state index contributed by atoms with van der Waals surface area (Å²) in [5.74, 6) is 1.58. The molecule has 108 valence electrons. The highest BCUT2D eigenvalue weighted by Gasteiger charge is 2.08. The smallest absolute Gasteiger partial charge is 0.230 e. The SMILES string of the molecule is CCOc1ccc2nc(Nc3ncc(O)[nH]3)nc(C)c2c1. The fourth-order valence-electron chi connectivity index (χ4n) is 2.05. The predicted molar refractivity (Wildman–Crippen MR) is 79.0 cm³/mol. The number of ether oxygens (including phenoxy) is 1. The van der Waals surface area contributed by atoms with Crippen molar-refractivity contribution < 1.29 is 9.84 Å². The molecule has 1 aromatic carbocycles. The van der Waals surface area contributed by atoms with Crippen LogP contribution in [0.4, 0.5) is 11.9 Å². The van der Waals surface area contributed by atoms with Crippen LogP contribution in [0, 0.1) is 6.92 Å². The maximum absolute atomic E-state index is 9.23. The van der Waals surface area contributed by atoms with Gasteiger partial charge in [0.25, 0.3) is 0 Å². The molecule has 3 rings (SSSR count). The van der Waals surface area contributed by atoms with E-state index in [1.165, 1.54) is 6.20 Å². The Morgan fingerprint density at radius 1 is 1.33 bits per heavy atom. The van der Waals surface area contributed by atoms with Crippen LogP contribution in [0.25, 0.3) is 10.9 Å². The first-order valence-corrected chi connectivity index (χ1v) is 6.58. The van der Waals surface area contributed by atoms with Gasteiger partial charge in [-0.25, -0.2) is 15.0 Å². The molecule has 21 heavy (non-hydrogen) atoms. The summed E-state index contributed by atoms with van der Waals surface area (Å²) in [6, 6.07) is 5.69. The molecule has 2 heterocycles. The first-order valence-electron chi connectivity index (χ1n) is 6.58. The summed E-state index contributed by atoms with van der Waals surface area (Å²) in [6.07, 6.45) is 1.31. The minimum absolute atomic E-state index is 0.0173. The average Bonchev–Trinajstić information content (AvgIpc) is 2.85. The van der Waals surface area contributed by atoms with Crippen molar-refractivity contribution in [2.45, 2.75) is 13.8 Å². The number of aromatic nitrogens is 4. The fourth-order valence-corrected chi connectivity index (χ4v) is 2.05. The number of nitrogens with zero attached hydrogens (tertiary/aromatic N) is 3. The normalized spacial score (nSPS) is 10.8. The Bertz CT molecular complexity index is 784. The highest BCUT2D eigenvalue weighted by Crippen LogP contribution is 2.23. The molecule has 3 aromatic rings. The lowest BCUT2D eigenvalue weighted by Gasteiger charge is -2.08. The molecule has 7 nitrogen and oxygen atoms in total. The number of imidazole rings is 1. The third-order valence-electron chi connectivity index (χ3n) is 2.96. The number of hydrogen-bond donors (Lipinski definition) is 3. The first-order chi connectivity index (χ1) is 10.2. The topological polar surface area (TPSA) is 96.0 Å². The molecular weight excluding hydrogens is 270 g/mol. The second kappa shape index (κ2) is 5.28. The summed E-state index contributed by atoms with van der Waals surface area (Å²) in [6.45, 7) is 4.47. The Morgan fingerprint density at radius 2 is 2.19 bits per heavy atom.